The van der Waals surface area contributed by atoms with Gasteiger partial charge in [-0.25, -0.2) is 0 Å². The number of nitrogens with one attached hydrogen (secondary N) is 1. The van der Waals surface area contributed by atoms with Crippen LogP contribution >= 0.6 is 11.8 Å². The van der Waals surface area contributed by atoms with E-state index in [9.17, 15) is 14.7 Å². The normalized spacial score (nSPS) is 15.4. The molecular weight excluding hydrogens is 432 g/mol. The lowest BCUT2D eigenvalue weighted by Gasteiger charge is -2.35. The molecule has 1 aliphatic heterocycles. The van der Waals surface area contributed by atoms with Gasteiger partial charge in [0.15, 0.2) is 5.76 Å². The van der Waals surface area contributed by atoms with Crippen LogP contribution in [-0.2, 0) is 16.6 Å². The van der Waals surface area contributed by atoms with Crippen molar-refractivity contribution in [2.24, 2.45) is 0 Å². The van der Waals surface area contributed by atoms with Gasteiger partial charge in [-0.1, -0.05) is 11.2 Å². The molecule has 9 nitrogen and oxygen atoms in total. The van der Waals surface area contributed by atoms with Crippen molar-refractivity contribution in [3.8, 4) is 17.3 Å². The third-order valence-electron chi connectivity index (χ3n) is 5.50. The first-order chi connectivity index (χ1) is 15.5. The molecule has 0 atom stereocenters. The first-order valence-electron chi connectivity index (χ1n) is 10.4. The summed E-state index contributed by atoms with van der Waals surface area (Å²) in [6.45, 7) is 1.98. The Bertz CT molecular complexity index is 1140. The Labute approximate surface area is 188 Å². The lowest BCUT2D eigenvalue weighted by atomic mass is 9.75. The Hall–Kier alpha value is -3.14. The summed E-state index contributed by atoms with van der Waals surface area (Å²) < 4.78 is 11.0. The van der Waals surface area contributed by atoms with Crippen LogP contribution < -0.4 is 10.7 Å². The second kappa shape index (κ2) is 9.56. The molecule has 0 aliphatic carbocycles. The lowest BCUT2D eigenvalue weighted by molar-refractivity contribution is -0.122. The summed E-state index contributed by atoms with van der Waals surface area (Å²) in [5, 5.41) is 17.2. The summed E-state index contributed by atoms with van der Waals surface area (Å²) in [4.78, 5) is 33.4. The Morgan fingerprint density at radius 1 is 1.31 bits per heavy atom. The summed E-state index contributed by atoms with van der Waals surface area (Å²) in [5.74, 6) is 2.49. The summed E-state index contributed by atoms with van der Waals surface area (Å²) in [7, 11) is 0. The highest BCUT2D eigenvalue weighted by Crippen LogP contribution is 2.43. The van der Waals surface area contributed by atoms with Crippen LogP contribution in [0.5, 0.6) is 5.75 Å². The average molecular weight is 457 g/mol. The number of aromatic nitrogens is 3. The predicted molar refractivity (Wildman–Crippen MR) is 118 cm³/mol. The molecule has 1 aliphatic rings. The molecule has 4 rings (SSSR count). The van der Waals surface area contributed by atoms with Crippen LogP contribution in [0.3, 0.4) is 0 Å². The minimum atomic E-state index is -0.707. The molecule has 0 saturated carbocycles. The van der Waals surface area contributed by atoms with Crippen LogP contribution in [0.15, 0.2) is 44.2 Å². The van der Waals surface area contributed by atoms with Gasteiger partial charge in [0.2, 0.25) is 28.8 Å². The number of pyridine rings is 1. The monoisotopic (exact) mass is 456 g/mol. The fourth-order valence-corrected chi connectivity index (χ4v) is 5.12. The van der Waals surface area contributed by atoms with E-state index in [2.05, 4.69) is 20.4 Å². The predicted octanol–water partition coefficient (Wildman–Crippen LogP) is 2.61. The van der Waals surface area contributed by atoms with Crippen molar-refractivity contribution < 1.29 is 18.8 Å². The molecule has 3 aromatic rings. The maximum atomic E-state index is 12.8. The topological polar surface area (TPSA) is 131 Å². The Morgan fingerprint density at radius 3 is 2.88 bits per heavy atom. The molecule has 168 valence electrons. The fourth-order valence-electron chi connectivity index (χ4n) is 3.84. The van der Waals surface area contributed by atoms with Crippen LogP contribution in [0, 0.1) is 6.92 Å². The van der Waals surface area contributed by atoms with E-state index in [-0.39, 0.29) is 18.1 Å². The van der Waals surface area contributed by atoms with Crippen molar-refractivity contribution in [3.63, 3.8) is 0 Å². The number of carbonyl (C=O) groups excluding carboxylic acids is 1. The lowest BCUT2D eigenvalue weighted by Crippen LogP contribution is -2.39. The largest absolute Gasteiger partial charge is 0.502 e. The molecule has 10 heteroatoms. The second-order valence-corrected chi connectivity index (χ2v) is 9.02. The van der Waals surface area contributed by atoms with E-state index in [1.165, 1.54) is 6.07 Å². The number of hydrogen-bond acceptors (Lipinski definition) is 9. The van der Waals surface area contributed by atoms with E-state index >= 15 is 0 Å². The second-order valence-electron chi connectivity index (χ2n) is 7.80. The highest BCUT2D eigenvalue weighted by atomic mass is 32.2. The van der Waals surface area contributed by atoms with Crippen LogP contribution in [0.25, 0.3) is 11.5 Å². The summed E-state index contributed by atoms with van der Waals surface area (Å²) in [6, 6.07) is 6.69. The summed E-state index contributed by atoms with van der Waals surface area (Å²) >= 11 is 1.78. The quantitative estimate of drug-likeness (QED) is 0.550. The number of thioether (sulfide) groups is 1. The molecule has 1 amide bonds. The van der Waals surface area contributed by atoms with Crippen molar-refractivity contribution in [3.05, 3.63) is 58.1 Å². The SMILES string of the molecule is Cc1cc(=O)c(O)c(C2(CC(=O)NCCc3nc(-c4ccccn4)no3)CCSCC2)o1. The van der Waals surface area contributed by atoms with Crippen molar-refractivity contribution in [1.29, 1.82) is 0 Å². The van der Waals surface area contributed by atoms with Gasteiger partial charge >= 0.3 is 0 Å². The zero-order valence-electron chi connectivity index (χ0n) is 17.7. The molecule has 1 fully saturated rings. The van der Waals surface area contributed by atoms with Crippen molar-refractivity contribution in [2.45, 2.75) is 38.0 Å². The van der Waals surface area contributed by atoms with E-state index in [4.69, 9.17) is 8.94 Å². The third kappa shape index (κ3) is 4.85. The number of carbonyl (C=O) groups is 1. The number of rotatable bonds is 7. The van der Waals surface area contributed by atoms with Gasteiger partial charge in [-0.15, -0.1) is 0 Å². The molecule has 32 heavy (non-hydrogen) atoms. The zero-order chi connectivity index (χ0) is 22.6. The average Bonchev–Trinajstić information content (AvgIpc) is 3.26. The Morgan fingerprint density at radius 2 is 2.12 bits per heavy atom. The molecule has 1 saturated heterocycles. The number of hydrogen-bond donors (Lipinski definition) is 2. The first-order valence-corrected chi connectivity index (χ1v) is 11.5. The third-order valence-corrected chi connectivity index (χ3v) is 6.49. The highest BCUT2D eigenvalue weighted by molar-refractivity contribution is 7.99. The number of aryl methyl sites for hydroxylation is 1. The van der Waals surface area contributed by atoms with E-state index in [0.717, 1.165) is 11.5 Å². The van der Waals surface area contributed by atoms with Gasteiger partial charge in [0.05, 0.1) is 0 Å². The minimum Gasteiger partial charge on any atom is -0.502 e. The Kier molecular flexibility index (Phi) is 6.59. The van der Waals surface area contributed by atoms with Gasteiger partial charge < -0.3 is 19.4 Å². The number of nitrogens with zero attached hydrogens (tertiary/aromatic N) is 3. The van der Waals surface area contributed by atoms with Crippen LogP contribution in [0.1, 0.15) is 36.7 Å². The maximum Gasteiger partial charge on any atom is 0.228 e. The Balaban J connectivity index is 1.41. The van der Waals surface area contributed by atoms with Gasteiger partial charge in [0, 0.05) is 37.1 Å². The van der Waals surface area contributed by atoms with Gasteiger partial charge in [0.25, 0.3) is 0 Å². The molecular formula is C22H24N4O5S. The van der Waals surface area contributed by atoms with E-state index in [0.29, 0.717) is 49.0 Å². The van der Waals surface area contributed by atoms with Gasteiger partial charge in [-0.2, -0.15) is 16.7 Å². The van der Waals surface area contributed by atoms with Gasteiger partial charge in [0.1, 0.15) is 11.5 Å². The first kappa shape index (κ1) is 22.1. The van der Waals surface area contributed by atoms with Crippen LogP contribution in [-0.4, -0.2) is 44.2 Å². The van der Waals surface area contributed by atoms with Crippen molar-refractivity contribution >= 4 is 17.7 Å². The van der Waals surface area contributed by atoms with E-state index in [1.807, 2.05) is 6.07 Å². The smallest absolute Gasteiger partial charge is 0.228 e. The van der Waals surface area contributed by atoms with E-state index in [1.54, 1.807) is 37.0 Å². The van der Waals surface area contributed by atoms with Crippen molar-refractivity contribution in [1.82, 2.24) is 20.4 Å². The highest BCUT2D eigenvalue weighted by Gasteiger charge is 2.41. The van der Waals surface area contributed by atoms with Crippen molar-refractivity contribution in [2.75, 3.05) is 18.1 Å². The van der Waals surface area contributed by atoms with Gasteiger partial charge in [-0.3, -0.25) is 14.6 Å². The molecule has 0 bridgehead atoms. The molecule has 0 spiro atoms. The summed E-state index contributed by atoms with van der Waals surface area (Å²) in [6.07, 6.45) is 3.43. The molecule has 0 radical (unpaired) electrons. The molecule has 4 heterocycles. The minimum absolute atomic E-state index is 0.122. The van der Waals surface area contributed by atoms with E-state index < -0.39 is 16.6 Å². The van der Waals surface area contributed by atoms with Crippen LogP contribution in [0.4, 0.5) is 0 Å². The molecule has 3 aromatic heterocycles. The molecule has 0 aromatic carbocycles. The summed E-state index contributed by atoms with van der Waals surface area (Å²) in [5.41, 5.74) is -0.578. The molecule has 0 unspecified atom stereocenters. The molecule has 2 N–H and O–H groups in total. The van der Waals surface area contributed by atoms with Gasteiger partial charge in [-0.05, 0) is 43.4 Å². The van der Waals surface area contributed by atoms with Crippen LogP contribution in [0.2, 0.25) is 0 Å². The fraction of sp³-hybridized carbons (Fsp3) is 0.409. The zero-order valence-corrected chi connectivity index (χ0v) is 18.5. The standard InChI is InChI=1S/C22H24N4O5S/c1-14-12-16(27)19(29)20(30-14)22(6-10-32-11-7-22)13-17(28)24-9-5-18-25-21(26-31-18)15-4-2-3-8-23-15/h2-4,8,12,29H,5-7,9-11,13H2,1H3,(H,24,28). The number of aromatic hydroxyl groups is 1. The number of amides is 1. The maximum absolute atomic E-state index is 12.8.